The van der Waals surface area contributed by atoms with Gasteiger partial charge in [0.1, 0.15) is 11.5 Å². The van der Waals surface area contributed by atoms with Gasteiger partial charge in [-0.1, -0.05) is 6.07 Å². The molecule has 170 valence electrons. The molecule has 1 aliphatic rings. The van der Waals surface area contributed by atoms with Crippen LogP contribution in [0.5, 0.6) is 17.2 Å². The summed E-state index contributed by atoms with van der Waals surface area (Å²) in [6.45, 7) is 2.24. The van der Waals surface area contributed by atoms with Gasteiger partial charge < -0.3 is 24.3 Å². The predicted octanol–water partition coefficient (Wildman–Crippen LogP) is 5.18. The second-order valence-electron chi connectivity index (χ2n) is 7.66. The normalized spacial score (nSPS) is 13.9. The third-order valence-electron chi connectivity index (χ3n) is 5.66. The fraction of sp³-hybridized carbons (Fsp3) is 0.192. The summed E-state index contributed by atoms with van der Waals surface area (Å²) in [5.74, 6) is -0.0483. The van der Waals surface area contributed by atoms with E-state index in [0.29, 0.717) is 23.6 Å². The minimum absolute atomic E-state index is 0.0500. The molecule has 0 atom stereocenters. The lowest BCUT2D eigenvalue weighted by atomic mass is 10.00. The van der Waals surface area contributed by atoms with Gasteiger partial charge in [0, 0.05) is 0 Å². The molecule has 2 aromatic carbocycles. The van der Waals surface area contributed by atoms with Gasteiger partial charge >= 0.3 is 0 Å². The van der Waals surface area contributed by atoms with Gasteiger partial charge in [0.2, 0.25) is 5.91 Å². The van der Waals surface area contributed by atoms with Crippen LogP contribution >= 0.6 is 0 Å². The Labute approximate surface area is 191 Å². The molecule has 1 aromatic heterocycles. The Bertz CT molecular complexity index is 1260. The first-order chi connectivity index (χ1) is 15.9. The maximum Gasteiger partial charge on any atom is 0.224 e. The van der Waals surface area contributed by atoms with Crippen molar-refractivity contribution in [1.29, 1.82) is 0 Å². The Hall–Kier alpha value is -4.00. The molecular formula is C26H24FNO5. The topological polar surface area (TPSA) is 80.9 Å². The van der Waals surface area contributed by atoms with Crippen LogP contribution in [0, 0.1) is 5.82 Å². The van der Waals surface area contributed by atoms with E-state index in [2.05, 4.69) is 5.32 Å². The third kappa shape index (κ3) is 4.48. The average molecular weight is 449 g/mol. The molecule has 0 aliphatic heterocycles. The van der Waals surface area contributed by atoms with E-state index in [1.165, 1.54) is 13.2 Å². The van der Waals surface area contributed by atoms with Crippen molar-refractivity contribution < 1.29 is 28.2 Å². The van der Waals surface area contributed by atoms with Gasteiger partial charge in [-0.25, -0.2) is 4.39 Å². The van der Waals surface area contributed by atoms with E-state index in [4.69, 9.17) is 13.9 Å². The number of hydrogen-bond acceptors (Lipinski definition) is 5. The zero-order valence-corrected chi connectivity index (χ0v) is 18.6. The van der Waals surface area contributed by atoms with Crippen molar-refractivity contribution in [3.05, 3.63) is 82.6 Å². The van der Waals surface area contributed by atoms with Crippen LogP contribution in [0.25, 0.3) is 17.2 Å². The zero-order chi connectivity index (χ0) is 23.5. The number of halogens is 1. The number of fused-ring (bicyclic) bond motifs is 1. The van der Waals surface area contributed by atoms with Gasteiger partial charge in [-0.15, -0.1) is 0 Å². The number of carbonyl (C=O) groups excluding carboxylic acids is 1. The summed E-state index contributed by atoms with van der Waals surface area (Å²) in [4.78, 5) is 12.7. The number of benzene rings is 2. The minimum atomic E-state index is -0.770. The molecule has 0 fully saturated rings. The van der Waals surface area contributed by atoms with E-state index in [9.17, 15) is 14.3 Å². The molecule has 1 heterocycles. The molecular weight excluding hydrogens is 425 g/mol. The van der Waals surface area contributed by atoms with Gasteiger partial charge in [0.25, 0.3) is 0 Å². The van der Waals surface area contributed by atoms with Crippen molar-refractivity contribution >= 4 is 23.1 Å². The molecule has 0 radical (unpaired) electrons. The number of carbonyl (C=O) groups is 1. The fourth-order valence-corrected chi connectivity index (χ4v) is 3.94. The monoisotopic (exact) mass is 449 g/mol. The van der Waals surface area contributed by atoms with Crippen LogP contribution < -0.4 is 14.8 Å². The molecule has 7 heteroatoms. The SMILES string of the molecule is COc1ccc2c(c1)C(CC(=O)NCc1ccco1)=C(C)C2=Cc1cc(F)c(O)c(OC)c1. The first kappa shape index (κ1) is 22.2. The maximum atomic E-state index is 14.2. The highest BCUT2D eigenvalue weighted by molar-refractivity contribution is 6.08. The van der Waals surface area contributed by atoms with E-state index in [0.717, 1.165) is 27.8 Å². The summed E-state index contributed by atoms with van der Waals surface area (Å²) in [7, 11) is 2.96. The van der Waals surface area contributed by atoms with Crippen LogP contribution in [0.2, 0.25) is 0 Å². The van der Waals surface area contributed by atoms with Gasteiger partial charge in [0.15, 0.2) is 17.3 Å². The lowest BCUT2D eigenvalue weighted by Gasteiger charge is -2.09. The highest BCUT2D eigenvalue weighted by atomic mass is 19.1. The number of methoxy groups -OCH3 is 2. The molecule has 0 unspecified atom stereocenters. The van der Waals surface area contributed by atoms with Crippen molar-refractivity contribution in [3.8, 4) is 17.2 Å². The molecule has 0 saturated carbocycles. The number of furan rings is 1. The summed E-state index contributed by atoms with van der Waals surface area (Å²) in [6.07, 6.45) is 3.54. The molecule has 4 rings (SSSR count). The van der Waals surface area contributed by atoms with E-state index < -0.39 is 11.6 Å². The summed E-state index contributed by atoms with van der Waals surface area (Å²) >= 11 is 0. The van der Waals surface area contributed by atoms with Crippen molar-refractivity contribution in [3.63, 3.8) is 0 Å². The number of allylic oxidation sites excluding steroid dienone is 2. The van der Waals surface area contributed by atoms with Crippen LogP contribution in [-0.2, 0) is 11.3 Å². The van der Waals surface area contributed by atoms with Crippen LogP contribution in [0.4, 0.5) is 4.39 Å². The Kier molecular flexibility index (Phi) is 6.22. The Balaban J connectivity index is 1.71. The largest absolute Gasteiger partial charge is 0.502 e. The highest BCUT2D eigenvalue weighted by Gasteiger charge is 2.26. The minimum Gasteiger partial charge on any atom is -0.502 e. The van der Waals surface area contributed by atoms with Crippen LogP contribution in [-0.4, -0.2) is 25.2 Å². The van der Waals surface area contributed by atoms with Crippen molar-refractivity contribution in [1.82, 2.24) is 5.32 Å². The molecule has 1 aliphatic carbocycles. The summed E-state index contributed by atoms with van der Waals surface area (Å²) in [5, 5.41) is 12.7. The zero-order valence-electron chi connectivity index (χ0n) is 18.6. The quantitative estimate of drug-likeness (QED) is 0.520. The highest BCUT2D eigenvalue weighted by Crippen LogP contribution is 2.45. The Morgan fingerprint density at radius 2 is 1.97 bits per heavy atom. The molecule has 0 bridgehead atoms. The molecule has 0 saturated heterocycles. The van der Waals surface area contributed by atoms with E-state index in [1.54, 1.807) is 31.6 Å². The smallest absolute Gasteiger partial charge is 0.224 e. The summed E-state index contributed by atoms with van der Waals surface area (Å²) < 4.78 is 29.9. The van der Waals surface area contributed by atoms with Gasteiger partial charge in [-0.3, -0.25) is 4.79 Å². The molecule has 0 spiro atoms. The third-order valence-corrected chi connectivity index (χ3v) is 5.66. The van der Waals surface area contributed by atoms with Gasteiger partial charge in [0.05, 0.1) is 33.4 Å². The van der Waals surface area contributed by atoms with Crippen molar-refractivity contribution in [2.24, 2.45) is 0 Å². The van der Waals surface area contributed by atoms with Crippen LogP contribution in [0.1, 0.15) is 35.8 Å². The fourth-order valence-electron chi connectivity index (χ4n) is 3.94. The number of phenolic OH excluding ortho intramolecular Hbond substituents is 1. The Morgan fingerprint density at radius 1 is 1.15 bits per heavy atom. The second kappa shape index (κ2) is 9.24. The van der Waals surface area contributed by atoms with E-state index in [-0.39, 0.29) is 18.1 Å². The lowest BCUT2D eigenvalue weighted by molar-refractivity contribution is -0.120. The molecule has 3 aromatic rings. The number of nitrogens with one attached hydrogen (secondary N) is 1. The van der Waals surface area contributed by atoms with Crippen LogP contribution in [0.15, 0.2) is 58.7 Å². The lowest BCUT2D eigenvalue weighted by Crippen LogP contribution is -2.22. The first-order valence-electron chi connectivity index (χ1n) is 10.4. The Morgan fingerprint density at radius 3 is 2.67 bits per heavy atom. The number of phenols is 1. The van der Waals surface area contributed by atoms with Crippen LogP contribution in [0.3, 0.4) is 0 Å². The van der Waals surface area contributed by atoms with E-state index >= 15 is 0 Å². The second-order valence-corrected chi connectivity index (χ2v) is 7.66. The number of ether oxygens (including phenoxy) is 2. The summed E-state index contributed by atoms with van der Waals surface area (Å²) in [5.41, 5.74) is 4.94. The van der Waals surface area contributed by atoms with E-state index in [1.807, 2.05) is 31.2 Å². The number of amides is 1. The molecule has 33 heavy (non-hydrogen) atoms. The number of hydrogen-bond donors (Lipinski definition) is 2. The number of aromatic hydroxyl groups is 1. The standard InChI is InChI=1S/C26H24FNO5/c1-15-20(9-16-10-23(27)26(30)24(11-16)32-3)19-7-6-17(31-2)12-22(19)21(15)13-25(29)28-14-18-5-4-8-33-18/h4-12,30H,13-14H2,1-3H3,(H,28,29). The summed E-state index contributed by atoms with van der Waals surface area (Å²) in [6, 6.07) is 12.0. The molecule has 2 N–H and O–H groups in total. The van der Waals surface area contributed by atoms with Crippen molar-refractivity contribution in [2.45, 2.75) is 19.9 Å². The predicted molar refractivity (Wildman–Crippen MR) is 123 cm³/mol. The van der Waals surface area contributed by atoms with Crippen molar-refractivity contribution in [2.75, 3.05) is 14.2 Å². The maximum absolute atomic E-state index is 14.2. The van der Waals surface area contributed by atoms with Gasteiger partial charge in [-0.05, 0) is 82.8 Å². The first-order valence-corrected chi connectivity index (χ1v) is 10.4. The molecule has 6 nitrogen and oxygen atoms in total. The average Bonchev–Trinajstić information content (AvgIpc) is 3.42. The number of rotatable bonds is 7. The molecule has 1 amide bonds. The van der Waals surface area contributed by atoms with Gasteiger partial charge in [-0.2, -0.15) is 0 Å².